The number of benzene rings is 1. The Kier molecular flexibility index (Phi) is 4.17. The Labute approximate surface area is 127 Å². The number of H-pyrrole nitrogens is 1. The van der Waals surface area contributed by atoms with E-state index in [2.05, 4.69) is 9.97 Å². The van der Waals surface area contributed by atoms with Gasteiger partial charge in [-0.25, -0.2) is 4.98 Å². The van der Waals surface area contributed by atoms with E-state index in [1.807, 2.05) is 24.3 Å². The molecule has 2 aromatic rings. The van der Waals surface area contributed by atoms with Crippen molar-refractivity contribution in [2.24, 2.45) is 0 Å². The molecular weight excluding hydrogens is 288 g/mol. The van der Waals surface area contributed by atoms with Crippen molar-refractivity contribution in [2.75, 3.05) is 20.3 Å². The predicted octanol–water partition coefficient (Wildman–Crippen LogP) is 3.11. The predicted molar refractivity (Wildman–Crippen MR) is 81.2 cm³/mol. The zero-order chi connectivity index (χ0) is 14.7. The summed E-state index contributed by atoms with van der Waals surface area (Å²) < 4.78 is 17.0. The summed E-state index contributed by atoms with van der Waals surface area (Å²) in [6.45, 7) is 1.74. The second kappa shape index (κ2) is 6.24. The summed E-state index contributed by atoms with van der Waals surface area (Å²) in [5.74, 6) is 2.24. The molecule has 5 nitrogen and oxygen atoms in total. The Bertz CT molecular complexity index is 700. The molecule has 0 bridgehead atoms. The summed E-state index contributed by atoms with van der Waals surface area (Å²) >= 11 is 5.20. The van der Waals surface area contributed by atoms with Gasteiger partial charge in [-0.15, -0.1) is 0 Å². The fourth-order valence-corrected chi connectivity index (χ4v) is 2.43. The lowest BCUT2D eigenvalue weighted by molar-refractivity contribution is 0.177. The first kappa shape index (κ1) is 14.0. The lowest BCUT2D eigenvalue weighted by atomic mass is 10.1. The number of fused-ring (bicyclic) bond motifs is 1. The first-order valence-electron chi connectivity index (χ1n) is 6.75. The highest BCUT2D eigenvalue weighted by Crippen LogP contribution is 2.33. The van der Waals surface area contributed by atoms with Crippen LogP contribution in [0.3, 0.4) is 0 Å². The van der Waals surface area contributed by atoms with Crippen LogP contribution < -0.4 is 9.47 Å². The number of ether oxygens (including phenoxy) is 3. The third-order valence-corrected chi connectivity index (χ3v) is 3.34. The van der Waals surface area contributed by atoms with E-state index >= 15 is 0 Å². The minimum absolute atomic E-state index is 0.391. The molecule has 1 aliphatic heterocycles. The van der Waals surface area contributed by atoms with Gasteiger partial charge in [-0.05, 0) is 24.3 Å². The van der Waals surface area contributed by atoms with Gasteiger partial charge in [0.2, 0.25) is 0 Å². The fraction of sp³-hybridized carbons (Fsp3) is 0.333. The van der Waals surface area contributed by atoms with Crippen LogP contribution in [0.15, 0.2) is 24.3 Å². The summed E-state index contributed by atoms with van der Waals surface area (Å²) in [6.07, 6.45) is 0.889. The number of hydrogen-bond acceptors (Lipinski definition) is 5. The van der Waals surface area contributed by atoms with E-state index in [0.29, 0.717) is 30.3 Å². The smallest absolute Gasteiger partial charge is 0.161 e. The number of nitrogens with one attached hydrogen (secondary N) is 1. The largest absolute Gasteiger partial charge is 0.490 e. The van der Waals surface area contributed by atoms with Crippen molar-refractivity contribution in [1.29, 1.82) is 0 Å². The average molecular weight is 304 g/mol. The van der Waals surface area contributed by atoms with Crippen LogP contribution in [0.1, 0.15) is 12.2 Å². The highest BCUT2D eigenvalue weighted by molar-refractivity contribution is 7.71. The van der Waals surface area contributed by atoms with E-state index in [1.54, 1.807) is 7.11 Å². The Morgan fingerprint density at radius 2 is 2.05 bits per heavy atom. The number of aromatic amines is 1. The molecule has 0 unspecified atom stereocenters. The van der Waals surface area contributed by atoms with Gasteiger partial charge in [0.05, 0.1) is 13.2 Å². The number of rotatable bonds is 3. The Balaban J connectivity index is 2.00. The molecule has 1 aromatic heterocycles. The molecule has 0 saturated heterocycles. The molecule has 110 valence electrons. The van der Waals surface area contributed by atoms with Gasteiger partial charge in [0, 0.05) is 24.8 Å². The van der Waals surface area contributed by atoms with Crippen molar-refractivity contribution in [2.45, 2.75) is 13.0 Å². The minimum atomic E-state index is 0.391. The minimum Gasteiger partial charge on any atom is -0.490 e. The van der Waals surface area contributed by atoms with Crippen LogP contribution in [0.4, 0.5) is 0 Å². The van der Waals surface area contributed by atoms with Gasteiger partial charge in [0.15, 0.2) is 11.5 Å². The van der Waals surface area contributed by atoms with E-state index in [-0.39, 0.29) is 0 Å². The number of aromatic nitrogens is 2. The normalized spacial score (nSPS) is 13.8. The molecule has 0 radical (unpaired) electrons. The van der Waals surface area contributed by atoms with Crippen LogP contribution in [0.2, 0.25) is 0 Å². The molecule has 1 aromatic carbocycles. The van der Waals surface area contributed by atoms with Gasteiger partial charge in [0.25, 0.3) is 0 Å². The molecule has 0 amide bonds. The van der Waals surface area contributed by atoms with Crippen molar-refractivity contribution < 1.29 is 14.2 Å². The molecular formula is C15H16N2O3S. The van der Waals surface area contributed by atoms with Gasteiger partial charge in [-0.2, -0.15) is 0 Å². The van der Waals surface area contributed by atoms with E-state index in [9.17, 15) is 0 Å². The third kappa shape index (κ3) is 3.22. The van der Waals surface area contributed by atoms with Gasteiger partial charge in [-0.1, -0.05) is 12.2 Å². The molecule has 0 fully saturated rings. The number of nitrogens with zero attached hydrogens (tertiary/aromatic N) is 1. The van der Waals surface area contributed by atoms with Gasteiger partial charge in [0.1, 0.15) is 17.1 Å². The first-order valence-corrected chi connectivity index (χ1v) is 7.16. The molecule has 0 aliphatic carbocycles. The molecule has 0 atom stereocenters. The van der Waals surface area contributed by atoms with Gasteiger partial charge < -0.3 is 19.2 Å². The van der Waals surface area contributed by atoms with Crippen molar-refractivity contribution in [3.05, 3.63) is 34.7 Å². The average Bonchev–Trinajstić information content (AvgIpc) is 2.71. The molecule has 2 heterocycles. The van der Waals surface area contributed by atoms with E-state index in [4.69, 9.17) is 26.4 Å². The van der Waals surface area contributed by atoms with Crippen molar-refractivity contribution in [1.82, 2.24) is 9.97 Å². The highest BCUT2D eigenvalue weighted by Gasteiger charge is 2.12. The van der Waals surface area contributed by atoms with Crippen molar-refractivity contribution in [3.63, 3.8) is 0 Å². The molecule has 6 heteroatoms. The summed E-state index contributed by atoms with van der Waals surface area (Å²) in [6, 6.07) is 7.68. The van der Waals surface area contributed by atoms with Crippen LogP contribution in [0.5, 0.6) is 11.5 Å². The molecule has 0 saturated carbocycles. The second-order valence-corrected chi connectivity index (χ2v) is 5.14. The zero-order valence-electron chi connectivity index (χ0n) is 11.7. The monoisotopic (exact) mass is 304 g/mol. The highest BCUT2D eigenvalue weighted by atomic mass is 32.1. The quantitative estimate of drug-likeness (QED) is 0.883. The SMILES string of the molecule is COCc1nc(=S)cc(-c2ccc3c(c2)OCCCO3)[nH]1. The van der Waals surface area contributed by atoms with E-state index in [0.717, 1.165) is 29.2 Å². The molecule has 0 spiro atoms. The zero-order valence-corrected chi connectivity index (χ0v) is 12.5. The van der Waals surface area contributed by atoms with E-state index < -0.39 is 0 Å². The van der Waals surface area contributed by atoms with Crippen LogP contribution >= 0.6 is 12.2 Å². The van der Waals surface area contributed by atoms with Crippen LogP contribution in [0.25, 0.3) is 11.3 Å². The van der Waals surface area contributed by atoms with Crippen molar-refractivity contribution in [3.8, 4) is 22.8 Å². The third-order valence-electron chi connectivity index (χ3n) is 3.13. The standard InChI is InChI=1S/C15H16N2O3S/c1-18-9-14-16-11(8-15(21)17-14)10-3-4-12-13(7-10)20-6-2-5-19-12/h3-4,7-8H,2,5-6,9H2,1H3,(H,16,17,21). The number of hydrogen-bond donors (Lipinski definition) is 1. The maximum Gasteiger partial charge on any atom is 0.161 e. The van der Waals surface area contributed by atoms with Gasteiger partial charge in [-0.3, -0.25) is 0 Å². The number of methoxy groups -OCH3 is 1. The Hall–Kier alpha value is -1.92. The summed E-state index contributed by atoms with van der Waals surface area (Å²) in [7, 11) is 1.62. The van der Waals surface area contributed by atoms with E-state index in [1.165, 1.54) is 0 Å². The lowest BCUT2D eigenvalue weighted by Gasteiger charge is -2.10. The molecule has 1 aliphatic rings. The van der Waals surface area contributed by atoms with Crippen LogP contribution in [0, 0.1) is 4.64 Å². The summed E-state index contributed by atoms with van der Waals surface area (Å²) in [5, 5.41) is 0. The Morgan fingerprint density at radius 3 is 2.86 bits per heavy atom. The molecule has 1 N–H and O–H groups in total. The molecule has 3 rings (SSSR count). The first-order chi connectivity index (χ1) is 10.3. The molecule has 21 heavy (non-hydrogen) atoms. The maximum absolute atomic E-state index is 5.71. The van der Waals surface area contributed by atoms with Gasteiger partial charge >= 0.3 is 0 Å². The summed E-state index contributed by atoms with van der Waals surface area (Å²) in [4.78, 5) is 7.46. The summed E-state index contributed by atoms with van der Waals surface area (Å²) in [5.41, 5.74) is 1.86. The Morgan fingerprint density at radius 1 is 1.24 bits per heavy atom. The van der Waals surface area contributed by atoms with Crippen molar-refractivity contribution >= 4 is 12.2 Å². The maximum atomic E-state index is 5.71. The lowest BCUT2D eigenvalue weighted by Crippen LogP contribution is -1.99. The fourth-order valence-electron chi connectivity index (χ4n) is 2.20. The van der Waals surface area contributed by atoms with Crippen LogP contribution in [-0.2, 0) is 11.3 Å². The second-order valence-electron chi connectivity index (χ2n) is 4.72. The topological polar surface area (TPSA) is 56.4 Å². The van der Waals surface area contributed by atoms with Crippen LogP contribution in [-0.4, -0.2) is 30.3 Å².